The number of nitrogens with one attached hydrogen (secondary N) is 1. The van der Waals surface area contributed by atoms with Gasteiger partial charge in [-0.25, -0.2) is 9.97 Å². The first-order valence-electron chi connectivity index (χ1n) is 7.01. The molecule has 5 heteroatoms. The molecule has 1 fully saturated rings. The molecule has 0 aliphatic heterocycles. The van der Waals surface area contributed by atoms with Crippen LogP contribution in [-0.2, 0) is 19.5 Å². The Balaban J connectivity index is 1.55. The van der Waals surface area contributed by atoms with Gasteiger partial charge < -0.3 is 9.88 Å². The highest BCUT2D eigenvalue weighted by Crippen LogP contribution is 2.19. The van der Waals surface area contributed by atoms with Gasteiger partial charge in [-0.15, -0.1) is 11.3 Å². The predicted molar refractivity (Wildman–Crippen MR) is 77.3 cm³/mol. The summed E-state index contributed by atoms with van der Waals surface area (Å²) >= 11 is 1.77. The van der Waals surface area contributed by atoms with E-state index in [1.165, 1.54) is 17.8 Å². The van der Waals surface area contributed by atoms with E-state index in [2.05, 4.69) is 38.4 Å². The van der Waals surface area contributed by atoms with E-state index in [1.54, 1.807) is 11.3 Å². The molecule has 1 aliphatic rings. The van der Waals surface area contributed by atoms with Crippen LogP contribution >= 0.6 is 11.3 Å². The van der Waals surface area contributed by atoms with Gasteiger partial charge in [0.1, 0.15) is 0 Å². The second-order valence-electron chi connectivity index (χ2n) is 5.18. The highest BCUT2D eigenvalue weighted by atomic mass is 32.1. The summed E-state index contributed by atoms with van der Waals surface area (Å²) in [5.41, 5.74) is 2.27. The summed E-state index contributed by atoms with van der Waals surface area (Å²) in [7, 11) is 0. The molecule has 1 saturated carbocycles. The second-order valence-corrected chi connectivity index (χ2v) is 6.12. The molecular weight excluding hydrogens is 256 g/mol. The van der Waals surface area contributed by atoms with Crippen molar-refractivity contribution in [3.8, 4) is 0 Å². The van der Waals surface area contributed by atoms with Crippen LogP contribution in [0.25, 0.3) is 0 Å². The molecule has 2 aromatic heterocycles. The summed E-state index contributed by atoms with van der Waals surface area (Å²) in [6, 6.07) is 0.736. The van der Waals surface area contributed by atoms with E-state index in [-0.39, 0.29) is 0 Å². The maximum Gasteiger partial charge on any atom is 0.0953 e. The summed E-state index contributed by atoms with van der Waals surface area (Å²) in [5, 5.41) is 6.89. The van der Waals surface area contributed by atoms with E-state index in [9.17, 15) is 0 Å². The molecule has 2 aromatic rings. The monoisotopic (exact) mass is 276 g/mol. The van der Waals surface area contributed by atoms with Gasteiger partial charge in [-0.2, -0.15) is 0 Å². The summed E-state index contributed by atoms with van der Waals surface area (Å²) < 4.78 is 2.12. The van der Waals surface area contributed by atoms with E-state index in [0.29, 0.717) is 0 Å². The van der Waals surface area contributed by atoms with Crippen LogP contribution in [0.3, 0.4) is 0 Å². The van der Waals surface area contributed by atoms with Crippen molar-refractivity contribution in [1.82, 2.24) is 19.9 Å². The Hall–Kier alpha value is -1.20. The van der Waals surface area contributed by atoms with Crippen molar-refractivity contribution in [1.29, 1.82) is 0 Å². The largest absolute Gasteiger partial charge is 0.331 e. The molecule has 0 spiro atoms. The van der Waals surface area contributed by atoms with Crippen LogP contribution in [0.2, 0.25) is 0 Å². The Morgan fingerprint density at radius 1 is 1.42 bits per heavy atom. The summed E-state index contributed by atoms with van der Waals surface area (Å²) in [6.45, 7) is 3.91. The SMILES string of the molecule is CCCc1nc(Cn2cnc(CNC3CC3)c2)cs1. The van der Waals surface area contributed by atoms with Crippen molar-refractivity contribution in [2.45, 2.75) is 51.7 Å². The maximum atomic E-state index is 4.64. The fourth-order valence-electron chi connectivity index (χ4n) is 2.06. The van der Waals surface area contributed by atoms with Crippen molar-refractivity contribution >= 4 is 11.3 Å². The number of rotatable bonds is 7. The van der Waals surface area contributed by atoms with Crippen LogP contribution in [0.5, 0.6) is 0 Å². The fraction of sp³-hybridized carbons (Fsp3) is 0.571. The zero-order chi connectivity index (χ0) is 13.1. The quantitative estimate of drug-likeness (QED) is 0.845. The van der Waals surface area contributed by atoms with Crippen molar-refractivity contribution in [3.05, 3.63) is 34.3 Å². The van der Waals surface area contributed by atoms with E-state index >= 15 is 0 Å². The third kappa shape index (κ3) is 3.64. The minimum absolute atomic E-state index is 0.736. The minimum Gasteiger partial charge on any atom is -0.331 e. The Bertz CT molecular complexity index is 527. The lowest BCUT2D eigenvalue weighted by atomic mass is 10.3. The molecule has 1 aliphatic carbocycles. The molecule has 102 valence electrons. The van der Waals surface area contributed by atoms with Gasteiger partial charge in [0.25, 0.3) is 0 Å². The first-order chi connectivity index (χ1) is 9.33. The highest BCUT2D eigenvalue weighted by Gasteiger charge is 2.20. The summed E-state index contributed by atoms with van der Waals surface area (Å²) in [5.74, 6) is 0. The smallest absolute Gasteiger partial charge is 0.0953 e. The normalized spacial score (nSPS) is 15.0. The van der Waals surface area contributed by atoms with Gasteiger partial charge in [-0.3, -0.25) is 0 Å². The highest BCUT2D eigenvalue weighted by molar-refractivity contribution is 7.09. The molecular formula is C14H20N4S. The summed E-state index contributed by atoms with van der Waals surface area (Å²) in [4.78, 5) is 9.07. The number of hydrogen-bond acceptors (Lipinski definition) is 4. The second kappa shape index (κ2) is 5.84. The number of thiazole rings is 1. The van der Waals surface area contributed by atoms with Crippen LogP contribution in [0, 0.1) is 0 Å². The lowest BCUT2D eigenvalue weighted by Gasteiger charge is -1.99. The molecule has 0 saturated heterocycles. The first kappa shape index (κ1) is 12.8. The van der Waals surface area contributed by atoms with E-state index < -0.39 is 0 Å². The van der Waals surface area contributed by atoms with E-state index in [0.717, 1.165) is 43.4 Å². The molecule has 4 nitrogen and oxygen atoms in total. The van der Waals surface area contributed by atoms with Crippen LogP contribution in [0.15, 0.2) is 17.9 Å². The zero-order valence-corrected chi connectivity index (χ0v) is 12.1. The average Bonchev–Trinajstić information content (AvgIpc) is 2.97. The molecule has 3 rings (SSSR count). The third-order valence-electron chi connectivity index (χ3n) is 3.24. The average molecular weight is 276 g/mol. The third-order valence-corrected chi connectivity index (χ3v) is 4.20. The van der Waals surface area contributed by atoms with Crippen LogP contribution in [-0.4, -0.2) is 20.6 Å². The number of nitrogens with zero attached hydrogens (tertiary/aromatic N) is 3. The van der Waals surface area contributed by atoms with Crippen molar-refractivity contribution in [3.63, 3.8) is 0 Å². The van der Waals surface area contributed by atoms with Gasteiger partial charge in [-0.1, -0.05) is 6.92 Å². The number of aromatic nitrogens is 3. The minimum atomic E-state index is 0.736. The molecule has 0 bridgehead atoms. The predicted octanol–water partition coefficient (Wildman–Crippen LogP) is 2.59. The zero-order valence-electron chi connectivity index (χ0n) is 11.3. The Labute approximate surface area is 117 Å². The standard InChI is InChI=1S/C14H20N4S/c1-2-3-14-17-13(9-19-14)8-18-7-12(16-10-18)6-15-11-4-5-11/h7,9-11,15H,2-6,8H2,1H3. The number of hydrogen-bond donors (Lipinski definition) is 1. The molecule has 0 unspecified atom stereocenters. The van der Waals surface area contributed by atoms with Crippen molar-refractivity contribution < 1.29 is 0 Å². The first-order valence-corrected chi connectivity index (χ1v) is 7.88. The van der Waals surface area contributed by atoms with Crippen molar-refractivity contribution in [2.75, 3.05) is 0 Å². The van der Waals surface area contributed by atoms with Gasteiger partial charge in [-0.05, 0) is 25.7 Å². The fourth-order valence-corrected chi connectivity index (χ4v) is 2.95. The number of aryl methyl sites for hydroxylation is 1. The van der Waals surface area contributed by atoms with Gasteiger partial charge in [0.05, 0.1) is 29.3 Å². The molecule has 0 radical (unpaired) electrons. The van der Waals surface area contributed by atoms with Gasteiger partial charge in [0.2, 0.25) is 0 Å². The Kier molecular flexibility index (Phi) is 3.94. The molecule has 1 N–H and O–H groups in total. The lowest BCUT2D eigenvalue weighted by Crippen LogP contribution is -2.15. The van der Waals surface area contributed by atoms with Gasteiger partial charge in [0, 0.05) is 24.2 Å². The topological polar surface area (TPSA) is 42.7 Å². The summed E-state index contributed by atoms with van der Waals surface area (Å²) in [6.07, 6.45) is 8.91. The van der Waals surface area contributed by atoms with Gasteiger partial charge in [0.15, 0.2) is 0 Å². The van der Waals surface area contributed by atoms with Crippen LogP contribution in [0.1, 0.15) is 42.6 Å². The molecule has 19 heavy (non-hydrogen) atoms. The molecule has 0 atom stereocenters. The van der Waals surface area contributed by atoms with Gasteiger partial charge >= 0.3 is 0 Å². The van der Waals surface area contributed by atoms with Crippen LogP contribution < -0.4 is 5.32 Å². The van der Waals surface area contributed by atoms with E-state index in [1.807, 2.05) is 6.33 Å². The Morgan fingerprint density at radius 3 is 3.11 bits per heavy atom. The van der Waals surface area contributed by atoms with Crippen molar-refractivity contribution in [2.24, 2.45) is 0 Å². The molecule has 0 aromatic carbocycles. The number of imidazole rings is 1. The maximum absolute atomic E-state index is 4.64. The van der Waals surface area contributed by atoms with Crippen LogP contribution in [0.4, 0.5) is 0 Å². The molecule has 2 heterocycles. The lowest BCUT2D eigenvalue weighted by molar-refractivity contribution is 0.675. The Morgan fingerprint density at radius 2 is 2.32 bits per heavy atom. The molecule has 0 amide bonds. The van der Waals surface area contributed by atoms with E-state index in [4.69, 9.17) is 0 Å².